The standard InChI is InChI=1S/C65H50N5O.Pt/c1-42-21-23-45(24-22-42)65(47-34-43-33-44(36-47)37-48(65)35-43)46-31-32-66-64(38-46)70-60-18-7-4-15-56(60)57-30-29-53(40-63(57)70)71-52-12-10-11-51(39-52)68-41-67(61-19-8-9-20-62(61)68)49-25-27-50(28-26-49)69-58-16-5-2-13-54(58)55-14-3-6-17-59(55)69;/h2-32,38,41,43-44,47-48H,33-37H2,1H3;/q-3;. The Balaban J connectivity index is 0.00000482. The smallest absolute Gasteiger partial charge is 0.135 e. The fourth-order valence-corrected chi connectivity index (χ4v) is 14.1. The van der Waals surface area contributed by atoms with Gasteiger partial charge in [0.25, 0.3) is 0 Å². The van der Waals surface area contributed by atoms with Crippen molar-refractivity contribution in [3.63, 3.8) is 0 Å². The first-order chi connectivity index (χ1) is 35.0. The van der Waals surface area contributed by atoms with E-state index >= 15 is 0 Å². The maximum atomic E-state index is 6.75. The molecule has 0 saturated heterocycles. The summed E-state index contributed by atoms with van der Waals surface area (Å²) in [7, 11) is 0. The van der Waals surface area contributed by atoms with Crippen LogP contribution in [0.25, 0.3) is 55.1 Å². The van der Waals surface area contributed by atoms with E-state index in [1.165, 1.54) is 76.0 Å². The molecular weight excluding hydrogens is 1060 g/mol. The zero-order valence-corrected chi connectivity index (χ0v) is 42.1. The van der Waals surface area contributed by atoms with E-state index in [4.69, 9.17) is 9.72 Å². The number of para-hydroxylation sites is 5. The van der Waals surface area contributed by atoms with E-state index in [9.17, 15) is 0 Å². The molecular formula is C65H50N5OPt-3. The normalized spacial score (nSPS) is 21.0. The number of rotatable bonds is 8. The fourth-order valence-electron chi connectivity index (χ4n) is 14.1. The van der Waals surface area contributed by atoms with Crippen molar-refractivity contribution in [2.45, 2.75) is 44.4 Å². The van der Waals surface area contributed by atoms with Gasteiger partial charge in [-0.2, -0.15) is 12.1 Å². The quantitative estimate of drug-likeness (QED) is 0.142. The van der Waals surface area contributed by atoms with E-state index < -0.39 is 0 Å². The van der Waals surface area contributed by atoms with Crippen LogP contribution in [0.2, 0.25) is 0 Å². The zero-order valence-electron chi connectivity index (χ0n) is 39.9. The van der Waals surface area contributed by atoms with E-state index in [0.29, 0.717) is 23.3 Å². The van der Waals surface area contributed by atoms with Crippen molar-refractivity contribution in [3.05, 3.63) is 230 Å². The van der Waals surface area contributed by atoms with Gasteiger partial charge in [-0.15, -0.1) is 48.1 Å². The second-order valence-electron chi connectivity index (χ2n) is 20.6. The molecule has 3 aromatic heterocycles. The maximum absolute atomic E-state index is 6.75. The summed E-state index contributed by atoms with van der Waals surface area (Å²) in [6.45, 7) is 4.36. The Morgan fingerprint density at radius 1 is 0.514 bits per heavy atom. The molecule has 4 bridgehead atoms. The zero-order chi connectivity index (χ0) is 46.8. The summed E-state index contributed by atoms with van der Waals surface area (Å²) in [5.41, 5.74) is 13.8. The summed E-state index contributed by atoms with van der Waals surface area (Å²) in [4.78, 5) is 9.61. The first-order valence-electron chi connectivity index (χ1n) is 25.4. The molecule has 4 saturated carbocycles. The molecule has 5 aliphatic rings. The van der Waals surface area contributed by atoms with Crippen LogP contribution in [0, 0.1) is 49.4 Å². The van der Waals surface area contributed by atoms with E-state index in [2.05, 4.69) is 221 Å². The fraction of sp³-hybridized carbons (Fsp3) is 0.169. The van der Waals surface area contributed by atoms with Gasteiger partial charge in [0, 0.05) is 83.2 Å². The van der Waals surface area contributed by atoms with E-state index in [1.807, 2.05) is 18.2 Å². The number of pyridine rings is 1. The number of fused-ring (bicyclic) bond motifs is 7. The molecule has 16 rings (SSSR count). The van der Waals surface area contributed by atoms with Gasteiger partial charge in [0.1, 0.15) is 5.82 Å². The van der Waals surface area contributed by atoms with Gasteiger partial charge in [0.2, 0.25) is 0 Å². The van der Waals surface area contributed by atoms with Crippen LogP contribution < -0.4 is 14.5 Å². The summed E-state index contributed by atoms with van der Waals surface area (Å²) in [6.07, 6.45) is 8.76. The van der Waals surface area contributed by atoms with Gasteiger partial charge in [-0.1, -0.05) is 102 Å². The number of ether oxygens (including phenoxy) is 1. The van der Waals surface area contributed by atoms with Gasteiger partial charge in [-0.05, 0) is 146 Å². The summed E-state index contributed by atoms with van der Waals surface area (Å²) < 4.78 is 11.4. The molecule has 1 aliphatic heterocycles. The number of hydrogen-bond acceptors (Lipinski definition) is 4. The topological polar surface area (TPSA) is 38.5 Å². The van der Waals surface area contributed by atoms with Crippen molar-refractivity contribution in [1.29, 1.82) is 0 Å². The molecule has 6 nitrogen and oxygen atoms in total. The van der Waals surface area contributed by atoms with Crippen LogP contribution in [0.15, 0.2) is 194 Å². The Morgan fingerprint density at radius 3 is 1.78 bits per heavy atom. The van der Waals surface area contributed by atoms with E-state index in [-0.39, 0.29) is 26.5 Å². The third-order valence-electron chi connectivity index (χ3n) is 16.8. The summed E-state index contributed by atoms with van der Waals surface area (Å²) in [5.74, 6) is 5.15. The minimum absolute atomic E-state index is 0. The molecule has 0 N–H and O–H groups in total. The third kappa shape index (κ3) is 6.61. The van der Waals surface area contributed by atoms with Crippen molar-refractivity contribution in [1.82, 2.24) is 14.1 Å². The van der Waals surface area contributed by atoms with Crippen LogP contribution in [0.3, 0.4) is 0 Å². The molecule has 0 atom stereocenters. The Bertz CT molecular complexity index is 3810. The van der Waals surface area contributed by atoms with Gasteiger partial charge in [0.15, 0.2) is 0 Å². The molecule has 0 amide bonds. The average molecular weight is 1110 g/mol. The predicted molar refractivity (Wildman–Crippen MR) is 288 cm³/mol. The number of anilines is 4. The summed E-state index contributed by atoms with van der Waals surface area (Å²) >= 11 is 0. The largest absolute Gasteiger partial charge is 0.509 e. The van der Waals surface area contributed by atoms with Crippen molar-refractivity contribution >= 4 is 66.4 Å². The van der Waals surface area contributed by atoms with Crippen LogP contribution >= 0.6 is 0 Å². The third-order valence-corrected chi connectivity index (χ3v) is 16.8. The minimum Gasteiger partial charge on any atom is -0.509 e. The van der Waals surface area contributed by atoms with Crippen LogP contribution in [-0.2, 0) is 26.5 Å². The SMILES string of the molecule is Cc1ccc(C2(c3ccnc(-n4c5[c-]c(Oc6[c-]c(N7[CH-]N(c8ccc(-n9c%10ccccc%10c%10ccccc%109)cc8)c8ccccc87)ccc6)ccc5c5ccccc54)c3)C3CC4CC(C3)CC2C4)cc1.[Pt]. The Morgan fingerprint density at radius 2 is 1.10 bits per heavy atom. The molecule has 0 radical (unpaired) electrons. The number of benzene rings is 8. The molecule has 0 spiro atoms. The molecule has 7 heteroatoms. The Kier molecular flexibility index (Phi) is 10.2. The number of aryl methyl sites for hydroxylation is 1. The van der Waals surface area contributed by atoms with Gasteiger partial charge >= 0.3 is 0 Å². The molecule has 354 valence electrons. The molecule has 0 unspecified atom stereocenters. The molecule has 4 heterocycles. The van der Waals surface area contributed by atoms with Crippen LogP contribution in [0.1, 0.15) is 48.8 Å². The Labute approximate surface area is 434 Å². The van der Waals surface area contributed by atoms with E-state index in [1.54, 1.807) is 0 Å². The molecule has 72 heavy (non-hydrogen) atoms. The van der Waals surface area contributed by atoms with Crippen molar-refractivity contribution in [3.8, 4) is 23.0 Å². The maximum Gasteiger partial charge on any atom is 0.135 e. The monoisotopic (exact) mass is 1110 g/mol. The van der Waals surface area contributed by atoms with Crippen molar-refractivity contribution in [2.24, 2.45) is 23.7 Å². The van der Waals surface area contributed by atoms with Crippen molar-refractivity contribution < 1.29 is 25.8 Å². The minimum atomic E-state index is -0.0280. The first kappa shape index (κ1) is 43.4. The number of hydrogen-bond donors (Lipinski definition) is 0. The summed E-state index contributed by atoms with van der Waals surface area (Å²) in [5, 5.41) is 4.80. The van der Waals surface area contributed by atoms with Crippen LogP contribution in [0.4, 0.5) is 22.7 Å². The van der Waals surface area contributed by atoms with Gasteiger partial charge < -0.3 is 23.7 Å². The predicted octanol–water partition coefficient (Wildman–Crippen LogP) is 16.1. The first-order valence-corrected chi connectivity index (χ1v) is 25.4. The van der Waals surface area contributed by atoms with Crippen LogP contribution in [-0.4, -0.2) is 14.1 Å². The molecule has 11 aromatic rings. The van der Waals surface area contributed by atoms with Crippen LogP contribution in [0.5, 0.6) is 11.5 Å². The summed E-state index contributed by atoms with van der Waals surface area (Å²) in [6, 6.07) is 75.3. The molecule has 8 aromatic carbocycles. The van der Waals surface area contributed by atoms with Gasteiger partial charge in [-0.25, -0.2) is 4.98 Å². The molecule has 4 aliphatic carbocycles. The van der Waals surface area contributed by atoms with Gasteiger partial charge in [0.05, 0.1) is 11.0 Å². The number of aromatic nitrogens is 3. The second kappa shape index (κ2) is 16.9. The molecule has 4 fully saturated rings. The average Bonchev–Trinajstić information content (AvgIpc) is 4.08. The number of nitrogens with zero attached hydrogens (tertiary/aromatic N) is 5. The van der Waals surface area contributed by atoms with E-state index in [0.717, 1.165) is 62.5 Å². The van der Waals surface area contributed by atoms with Gasteiger partial charge in [-0.3, -0.25) is 0 Å². The van der Waals surface area contributed by atoms with Crippen molar-refractivity contribution in [2.75, 3.05) is 9.80 Å². The second-order valence-corrected chi connectivity index (χ2v) is 20.6. The Hall–Kier alpha value is -7.40.